The van der Waals surface area contributed by atoms with Crippen molar-refractivity contribution in [2.75, 3.05) is 7.11 Å². The molecule has 35 heavy (non-hydrogen) atoms. The van der Waals surface area contributed by atoms with E-state index in [0.29, 0.717) is 11.3 Å². The Bertz CT molecular complexity index is 902. The molecule has 0 radical (unpaired) electrons. The molecule has 2 unspecified atom stereocenters. The maximum Gasteiger partial charge on any atom is 0.193 e. The van der Waals surface area contributed by atoms with Crippen LogP contribution in [0.5, 0.6) is 5.75 Å². The number of ether oxygens (including phenoxy) is 2. The highest BCUT2D eigenvalue weighted by Gasteiger charge is 2.22. The number of fused-ring (bicyclic) bond motifs is 1. The summed E-state index contributed by atoms with van der Waals surface area (Å²) in [7, 11) is 1.67. The molecule has 0 fully saturated rings. The van der Waals surface area contributed by atoms with E-state index in [4.69, 9.17) is 9.47 Å². The summed E-state index contributed by atoms with van der Waals surface area (Å²) in [5, 5.41) is 0. The zero-order valence-electron chi connectivity index (χ0n) is 22.4. The Labute approximate surface area is 210 Å². The van der Waals surface area contributed by atoms with E-state index in [9.17, 15) is 13.6 Å². The molecule has 0 N–H and O–H groups in total. The molecule has 2 aromatic rings. The summed E-state index contributed by atoms with van der Waals surface area (Å²) < 4.78 is 35.4. The van der Waals surface area contributed by atoms with Gasteiger partial charge in [-0.25, -0.2) is 8.78 Å². The molecular weight excluding hydrogens is 446 g/mol. The van der Waals surface area contributed by atoms with Crippen molar-refractivity contribution in [2.24, 2.45) is 5.92 Å². The molecule has 0 bridgehead atoms. The molecular formula is C30H42F2O3. The van der Waals surface area contributed by atoms with Gasteiger partial charge in [0, 0.05) is 19.4 Å². The van der Waals surface area contributed by atoms with Crippen LogP contribution in [-0.2, 0) is 22.4 Å². The highest BCUT2D eigenvalue weighted by Crippen LogP contribution is 2.28. The minimum absolute atomic E-state index is 0.0149. The van der Waals surface area contributed by atoms with Crippen molar-refractivity contribution in [3.63, 3.8) is 0 Å². The smallest absolute Gasteiger partial charge is 0.193 e. The van der Waals surface area contributed by atoms with E-state index < -0.39 is 11.6 Å². The number of methoxy groups -OCH3 is 1. The van der Waals surface area contributed by atoms with Gasteiger partial charge in [0.15, 0.2) is 11.5 Å². The van der Waals surface area contributed by atoms with Crippen molar-refractivity contribution in [1.29, 1.82) is 0 Å². The van der Waals surface area contributed by atoms with Crippen LogP contribution in [0.2, 0.25) is 0 Å². The van der Waals surface area contributed by atoms with Gasteiger partial charge in [0.25, 0.3) is 0 Å². The third kappa shape index (κ3) is 11.5. The molecule has 3 nitrogen and oxygen atoms in total. The molecule has 0 amide bonds. The third-order valence-electron chi connectivity index (χ3n) is 5.98. The van der Waals surface area contributed by atoms with Crippen molar-refractivity contribution >= 4 is 5.78 Å². The lowest BCUT2D eigenvalue weighted by Gasteiger charge is -2.26. The van der Waals surface area contributed by atoms with Crippen LogP contribution in [-0.4, -0.2) is 19.0 Å². The maximum atomic E-state index is 12.2. The topological polar surface area (TPSA) is 35.5 Å². The molecule has 0 saturated carbocycles. The fourth-order valence-electron chi connectivity index (χ4n) is 3.85. The van der Waals surface area contributed by atoms with Gasteiger partial charge in [0.1, 0.15) is 23.5 Å². The number of halogens is 2. The largest absolute Gasteiger partial charge is 0.497 e. The number of Topliss-reactive ketones (excluding diaryl/α,β-unsaturated/α-hetero) is 1. The summed E-state index contributed by atoms with van der Waals surface area (Å²) in [5.74, 6) is 1.23. The summed E-state index contributed by atoms with van der Waals surface area (Å²) in [5.41, 5.74) is 3.22. The molecule has 1 aliphatic carbocycles. The Morgan fingerprint density at radius 3 is 2.23 bits per heavy atom. The van der Waals surface area contributed by atoms with Crippen molar-refractivity contribution in [2.45, 2.75) is 86.2 Å². The predicted molar refractivity (Wildman–Crippen MR) is 140 cm³/mol. The number of hydrogen-bond donors (Lipinski definition) is 0. The lowest BCUT2D eigenvalue weighted by atomic mass is 9.89. The number of ketones is 1. The Morgan fingerprint density at radius 1 is 1.11 bits per heavy atom. The molecule has 3 rings (SSSR count). The quantitative estimate of drug-likeness (QED) is 0.291. The van der Waals surface area contributed by atoms with Crippen LogP contribution >= 0.6 is 0 Å². The Balaban J connectivity index is 0.000000317. The number of hydrogen-bond acceptors (Lipinski definition) is 3. The molecule has 2 aromatic carbocycles. The highest BCUT2D eigenvalue weighted by atomic mass is 19.1. The summed E-state index contributed by atoms with van der Waals surface area (Å²) in [6.07, 6.45) is 8.66. The van der Waals surface area contributed by atoms with Crippen molar-refractivity contribution in [1.82, 2.24) is 0 Å². The van der Waals surface area contributed by atoms with E-state index in [0.717, 1.165) is 37.0 Å². The molecule has 194 valence electrons. The summed E-state index contributed by atoms with van der Waals surface area (Å²) in [6.45, 7) is 11.8. The molecule has 2 atom stereocenters. The van der Waals surface area contributed by atoms with E-state index in [2.05, 4.69) is 32.9 Å². The van der Waals surface area contributed by atoms with Gasteiger partial charge in [-0.3, -0.25) is 4.79 Å². The number of rotatable bonds is 7. The number of carbonyl (C=O) groups is 1. The zero-order chi connectivity index (χ0) is 26.4. The number of aryl methyl sites for hydroxylation is 2. The van der Waals surface area contributed by atoms with Gasteiger partial charge in [-0.05, 0) is 79.6 Å². The van der Waals surface area contributed by atoms with Crippen LogP contribution in [0.4, 0.5) is 8.78 Å². The molecule has 0 aliphatic heterocycles. The summed E-state index contributed by atoms with van der Waals surface area (Å²) in [4.78, 5) is 11.4. The minimum Gasteiger partial charge on any atom is -0.497 e. The first-order valence-corrected chi connectivity index (χ1v) is 12.6. The Hall–Kier alpha value is -2.69. The van der Waals surface area contributed by atoms with E-state index >= 15 is 0 Å². The fraction of sp³-hybridized carbons (Fsp3) is 0.500. The van der Waals surface area contributed by atoms with Gasteiger partial charge < -0.3 is 9.47 Å². The van der Waals surface area contributed by atoms with Gasteiger partial charge in [-0.1, -0.05) is 46.1 Å². The van der Waals surface area contributed by atoms with Crippen LogP contribution in [0.25, 0.3) is 0 Å². The highest BCUT2D eigenvalue weighted by molar-refractivity contribution is 5.91. The molecule has 1 aliphatic rings. The third-order valence-corrected chi connectivity index (χ3v) is 5.98. The van der Waals surface area contributed by atoms with Crippen molar-refractivity contribution < 1.29 is 23.0 Å². The number of benzene rings is 2. The van der Waals surface area contributed by atoms with Crippen LogP contribution in [0, 0.1) is 24.5 Å². The molecule has 0 heterocycles. The second-order valence-electron chi connectivity index (χ2n) is 9.08. The SMILES string of the molecule is C/C=C(/OC1CCc2ccc(OC)cc2C1)C(C)=O.CCCC(C)CC.Cc1cc(F)cc(F)c1. The second-order valence-corrected chi connectivity index (χ2v) is 9.08. The fourth-order valence-corrected chi connectivity index (χ4v) is 3.85. The number of allylic oxidation sites excluding steroid dienone is 2. The lowest BCUT2D eigenvalue weighted by Crippen LogP contribution is -2.23. The first-order valence-electron chi connectivity index (χ1n) is 12.6. The van der Waals surface area contributed by atoms with E-state index in [-0.39, 0.29) is 11.9 Å². The van der Waals surface area contributed by atoms with Crippen LogP contribution in [0.1, 0.15) is 77.0 Å². The normalized spacial score (nSPS) is 15.5. The van der Waals surface area contributed by atoms with E-state index in [1.54, 1.807) is 20.1 Å². The molecule has 0 aromatic heterocycles. The maximum absolute atomic E-state index is 12.2. The Morgan fingerprint density at radius 2 is 1.77 bits per heavy atom. The lowest BCUT2D eigenvalue weighted by molar-refractivity contribution is -0.118. The van der Waals surface area contributed by atoms with Crippen molar-refractivity contribution in [3.8, 4) is 5.75 Å². The first kappa shape index (κ1) is 30.3. The van der Waals surface area contributed by atoms with Gasteiger partial charge in [0.05, 0.1) is 7.11 Å². The first-order chi connectivity index (χ1) is 16.6. The minimum atomic E-state index is -0.521. The molecule has 5 heteroatoms. The molecule has 0 spiro atoms. The van der Waals surface area contributed by atoms with Crippen molar-refractivity contribution in [3.05, 3.63) is 76.6 Å². The van der Waals surface area contributed by atoms with Gasteiger partial charge in [0.2, 0.25) is 0 Å². The van der Waals surface area contributed by atoms with Gasteiger partial charge in [-0.15, -0.1) is 0 Å². The zero-order valence-corrected chi connectivity index (χ0v) is 22.4. The van der Waals surface area contributed by atoms with Gasteiger partial charge in [-0.2, -0.15) is 0 Å². The second kappa shape index (κ2) is 16.1. The van der Waals surface area contributed by atoms with E-state index in [1.807, 2.05) is 13.0 Å². The molecule has 0 saturated heterocycles. The summed E-state index contributed by atoms with van der Waals surface area (Å²) >= 11 is 0. The predicted octanol–water partition coefficient (Wildman–Crippen LogP) is 8.17. The monoisotopic (exact) mass is 488 g/mol. The standard InChI is InChI=1S/C16H20O3.C7H6F2.C7H16/c1-4-16(11(2)17)19-15-8-6-12-5-7-14(18-3)9-13(12)10-15;1-5-2-6(8)4-7(9)3-5;1-4-6-7(3)5-2/h4-5,7,9,15H,6,8,10H2,1-3H3;2-4H,1H3;7H,4-6H2,1-3H3/b16-4+;;. The van der Waals surface area contributed by atoms with Gasteiger partial charge >= 0.3 is 0 Å². The average molecular weight is 489 g/mol. The van der Waals surface area contributed by atoms with Crippen LogP contribution in [0.3, 0.4) is 0 Å². The average Bonchev–Trinajstić information content (AvgIpc) is 2.81. The number of carbonyl (C=O) groups excluding carboxylic acids is 1. The summed E-state index contributed by atoms with van der Waals surface area (Å²) in [6, 6.07) is 9.59. The Kier molecular flexibility index (Phi) is 13.9. The van der Waals surface area contributed by atoms with E-state index in [1.165, 1.54) is 49.4 Å². The van der Waals surface area contributed by atoms with Crippen LogP contribution < -0.4 is 4.74 Å². The van der Waals surface area contributed by atoms with Crippen LogP contribution in [0.15, 0.2) is 48.2 Å².